The monoisotopic (exact) mass is 178 g/mol. The summed E-state index contributed by atoms with van der Waals surface area (Å²) in [6, 6.07) is 0. The van der Waals surface area contributed by atoms with Crippen LogP contribution in [0.5, 0.6) is 0 Å². The normalized spacial score (nSPS) is 17.9. The number of hydrogen-bond acceptors (Lipinski definition) is 2. The van der Waals surface area contributed by atoms with Gasteiger partial charge in [-0.3, -0.25) is 9.59 Å². The molecule has 0 spiro atoms. The van der Waals surface area contributed by atoms with E-state index in [1.165, 1.54) is 6.08 Å². The molecule has 0 atom stereocenters. The van der Waals surface area contributed by atoms with Gasteiger partial charge in [0.1, 0.15) is 0 Å². The second kappa shape index (κ2) is 3.69. The van der Waals surface area contributed by atoms with Crippen molar-refractivity contribution in [2.45, 2.75) is 33.6 Å². The highest BCUT2D eigenvalue weighted by atomic mass is 16.1. The number of carbonyl (C=O) groups excluding carboxylic acids is 2. The van der Waals surface area contributed by atoms with Gasteiger partial charge in [0.25, 0.3) is 0 Å². The van der Waals surface area contributed by atoms with Crippen LogP contribution in [0.15, 0.2) is 22.8 Å². The number of carbonyl (C=O) groups is 2. The highest BCUT2D eigenvalue weighted by molar-refractivity contribution is 6.22. The quantitative estimate of drug-likeness (QED) is 0.607. The molecule has 0 fully saturated rings. The lowest BCUT2D eigenvalue weighted by Gasteiger charge is -2.14. The van der Waals surface area contributed by atoms with E-state index in [0.717, 1.165) is 0 Å². The Labute approximate surface area is 78.3 Å². The largest absolute Gasteiger partial charge is 0.290 e. The summed E-state index contributed by atoms with van der Waals surface area (Å²) in [5.41, 5.74) is 1.95. The molecule has 0 aromatic carbocycles. The summed E-state index contributed by atoms with van der Waals surface area (Å²) in [7, 11) is 0. The smallest absolute Gasteiger partial charge is 0.185 e. The highest BCUT2D eigenvalue weighted by Gasteiger charge is 2.23. The number of rotatable bonds is 2. The van der Waals surface area contributed by atoms with Crippen molar-refractivity contribution < 1.29 is 9.59 Å². The summed E-state index contributed by atoms with van der Waals surface area (Å²) in [5, 5.41) is 0. The van der Waals surface area contributed by atoms with Crippen molar-refractivity contribution in [3.8, 4) is 0 Å². The van der Waals surface area contributed by atoms with E-state index in [4.69, 9.17) is 0 Å². The molecule has 0 aromatic heterocycles. The molecule has 0 heterocycles. The van der Waals surface area contributed by atoms with Crippen LogP contribution in [-0.2, 0) is 9.59 Å². The SMILES string of the molecule is CCC1=CC(=O)C(C)=C(CC)C1=O. The van der Waals surface area contributed by atoms with Crippen molar-refractivity contribution in [1.82, 2.24) is 0 Å². The number of allylic oxidation sites excluding steroid dienone is 4. The van der Waals surface area contributed by atoms with Crippen LogP contribution in [0.25, 0.3) is 0 Å². The lowest BCUT2D eigenvalue weighted by Crippen LogP contribution is -2.17. The first-order chi connectivity index (χ1) is 6.11. The first-order valence-corrected chi connectivity index (χ1v) is 4.61. The molecule has 0 bridgehead atoms. The average molecular weight is 178 g/mol. The van der Waals surface area contributed by atoms with Gasteiger partial charge in [-0.1, -0.05) is 13.8 Å². The second-order valence-electron chi connectivity index (χ2n) is 3.17. The third-order valence-electron chi connectivity index (χ3n) is 2.43. The topological polar surface area (TPSA) is 34.1 Å². The van der Waals surface area contributed by atoms with Gasteiger partial charge in [0.2, 0.25) is 0 Å². The maximum Gasteiger partial charge on any atom is 0.185 e. The number of ketones is 2. The Bertz CT molecular complexity index is 319. The Kier molecular flexibility index (Phi) is 2.81. The van der Waals surface area contributed by atoms with E-state index in [2.05, 4.69) is 0 Å². The zero-order valence-corrected chi connectivity index (χ0v) is 8.31. The minimum absolute atomic E-state index is 0.00620. The molecule has 0 N–H and O–H groups in total. The molecule has 2 heteroatoms. The Morgan fingerprint density at radius 2 is 1.77 bits per heavy atom. The van der Waals surface area contributed by atoms with Crippen molar-refractivity contribution in [3.63, 3.8) is 0 Å². The number of hydrogen-bond donors (Lipinski definition) is 0. The van der Waals surface area contributed by atoms with E-state index in [1.54, 1.807) is 6.92 Å². The van der Waals surface area contributed by atoms with Gasteiger partial charge in [-0.2, -0.15) is 0 Å². The van der Waals surface area contributed by atoms with Gasteiger partial charge in [0.15, 0.2) is 11.6 Å². The summed E-state index contributed by atoms with van der Waals surface area (Å²) < 4.78 is 0. The molecule has 13 heavy (non-hydrogen) atoms. The van der Waals surface area contributed by atoms with Crippen LogP contribution < -0.4 is 0 Å². The van der Waals surface area contributed by atoms with Gasteiger partial charge in [-0.15, -0.1) is 0 Å². The van der Waals surface area contributed by atoms with Crippen LogP contribution in [0, 0.1) is 0 Å². The van der Waals surface area contributed by atoms with E-state index in [1.807, 2.05) is 13.8 Å². The number of Topliss-reactive ketones (excluding diaryl/α,β-unsaturated/α-hetero) is 1. The maximum atomic E-state index is 11.7. The Balaban J connectivity index is 3.14. The molecule has 0 aliphatic heterocycles. The van der Waals surface area contributed by atoms with Gasteiger partial charge >= 0.3 is 0 Å². The van der Waals surface area contributed by atoms with Gasteiger partial charge in [0.05, 0.1) is 0 Å². The average Bonchev–Trinajstić information content (AvgIpc) is 2.12. The molecular formula is C11H14O2. The summed E-state index contributed by atoms with van der Waals surface area (Å²) in [6.45, 7) is 5.52. The zero-order valence-electron chi connectivity index (χ0n) is 8.31. The molecule has 0 unspecified atom stereocenters. The van der Waals surface area contributed by atoms with Gasteiger partial charge in [-0.25, -0.2) is 0 Å². The van der Waals surface area contributed by atoms with Crippen molar-refractivity contribution in [3.05, 3.63) is 22.8 Å². The second-order valence-corrected chi connectivity index (χ2v) is 3.17. The van der Waals surface area contributed by atoms with E-state index >= 15 is 0 Å². The molecule has 1 aliphatic carbocycles. The maximum absolute atomic E-state index is 11.7. The van der Waals surface area contributed by atoms with Crippen LogP contribution in [0.4, 0.5) is 0 Å². The molecule has 0 amide bonds. The van der Waals surface area contributed by atoms with Crippen LogP contribution in [0.2, 0.25) is 0 Å². The molecule has 0 saturated carbocycles. The van der Waals surface area contributed by atoms with Crippen molar-refractivity contribution in [2.24, 2.45) is 0 Å². The van der Waals surface area contributed by atoms with Gasteiger partial charge < -0.3 is 0 Å². The summed E-state index contributed by atoms with van der Waals surface area (Å²) in [5.74, 6) is 0.0513. The predicted octanol–water partition coefficient (Wildman–Crippen LogP) is 2.20. The lowest BCUT2D eigenvalue weighted by atomic mass is 9.88. The molecule has 0 radical (unpaired) electrons. The molecular weight excluding hydrogens is 164 g/mol. The first-order valence-electron chi connectivity index (χ1n) is 4.61. The van der Waals surface area contributed by atoms with Gasteiger partial charge in [-0.05, 0) is 25.8 Å². The van der Waals surface area contributed by atoms with Crippen molar-refractivity contribution >= 4 is 11.6 Å². The third kappa shape index (κ3) is 1.62. The minimum atomic E-state index is -0.00620. The molecule has 0 aromatic rings. The molecule has 0 saturated heterocycles. The van der Waals surface area contributed by atoms with Crippen LogP contribution in [0.3, 0.4) is 0 Å². The molecule has 70 valence electrons. The lowest BCUT2D eigenvalue weighted by molar-refractivity contribution is -0.116. The fourth-order valence-electron chi connectivity index (χ4n) is 1.53. The fraction of sp³-hybridized carbons (Fsp3) is 0.455. The van der Waals surface area contributed by atoms with Crippen LogP contribution >= 0.6 is 0 Å². The van der Waals surface area contributed by atoms with Gasteiger partial charge in [0, 0.05) is 16.7 Å². The van der Waals surface area contributed by atoms with E-state index < -0.39 is 0 Å². The minimum Gasteiger partial charge on any atom is -0.290 e. The predicted molar refractivity (Wildman–Crippen MR) is 51.4 cm³/mol. The fourth-order valence-corrected chi connectivity index (χ4v) is 1.53. The highest BCUT2D eigenvalue weighted by Crippen LogP contribution is 2.22. The van der Waals surface area contributed by atoms with E-state index in [0.29, 0.717) is 29.6 Å². The Morgan fingerprint density at radius 3 is 2.23 bits per heavy atom. The standard InChI is InChI=1S/C11H14O2/c1-4-8-6-10(12)7(3)9(5-2)11(8)13/h6H,4-5H2,1-3H3. The van der Waals surface area contributed by atoms with E-state index in [9.17, 15) is 9.59 Å². The summed E-state index contributed by atoms with van der Waals surface area (Å²) in [6.07, 6.45) is 2.76. The Morgan fingerprint density at radius 1 is 1.15 bits per heavy atom. The first kappa shape index (κ1) is 9.90. The molecule has 1 rings (SSSR count). The zero-order chi connectivity index (χ0) is 10.0. The summed E-state index contributed by atoms with van der Waals surface area (Å²) in [4.78, 5) is 23.1. The van der Waals surface area contributed by atoms with Crippen LogP contribution in [0.1, 0.15) is 33.6 Å². The van der Waals surface area contributed by atoms with Crippen LogP contribution in [-0.4, -0.2) is 11.6 Å². The molecule has 2 nitrogen and oxygen atoms in total. The van der Waals surface area contributed by atoms with Crippen molar-refractivity contribution in [1.29, 1.82) is 0 Å². The summed E-state index contributed by atoms with van der Waals surface area (Å²) >= 11 is 0. The van der Waals surface area contributed by atoms with E-state index in [-0.39, 0.29) is 11.6 Å². The van der Waals surface area contributed by atoms with Crippen molar-refractivity contribution in [2.75, 3.05) is 0 Å². The molecule has 1 aliphatic rings. The third-order valence-corrected chi connectivity index (χ3v) is 2.43. The Hall–Kier alpha value is -1.18.